The van der Waals surface area contributed by atoms with Gasteiger partial charge in [-0.25, -0.2) is 4.68 Å². The summed E-state index contributed by atoms with van der Waals surface area (Å²) in [6.07, 6.45) is 3.03. The highest BCUT2D eigenvalue weighted by Gasteiger charge is 2.23. The van der Waals surface area contributed by atoms with Crippen molar-refractivity contribution in [3.8, 4) is 0 Å². The Labute approximate surface area is 113 Å². The zero-order chi connectivity index (χ0) is 13.8. The van der Waals surface area contributed by atoms with Crippen molar-refractivity contribution in [1.82, 2.24) is 9.78 Å². The molecule has 0 bridgehead atoms. The van der Waals surface area contributed by atoms with Crippen LogP contribution in [0.3, 0.4) is 0 Å². The lowest BCUT2D eigenvalue weighted by molar-refractivity contribution is 0.147. The van der Waals surface area contributed by atoms with E-state index < -0.39 is 5.54 Å². The third-order valence-electron chi connectivity index (χ3n) is 2.42. The average molecular weight is 318 g/mol. The van der Waals surface area contributed by atoms with E-state index in [0.717, 1.165) is 0 Å². The third-order valence-corrected chi connectivity index (χ3v) is 3.19. The van der Waals surface area contributed by atoms with E-state index in [1.54, 1.807) is 13.0 Å². The van der Waals surface area contributed by atoms with E-state index in [-0.39, 0.29) is 18.8 Å². The molecular weight excluding hydrogens is 302 g/mol. The standard InChI is InChI=1S/C11H16BrN3O3/c1-3-4-15-10(18)9(12)8(5-13-15)14-11(2,6-16)7-17/h3,5,14,16-17H,1,4,6-7H2,2H3. The van der Waals surface area contributed by atoms with Gasteiger partial charge in [0.2, 0.25) is 0 Å². The molecule has 3 N–H and O–H groups in total. The second-order valence-corrected chi connectivity index (χ2v) is 4.94. The van der Waals surface area contributed by atoms with Crippen LogP contribution in [0.15, 0.2) is 28.1 Å². The van der Waals surface area contributed by atoms with E-state index in [1.807, 2.05) is 0 Å². The van der Waals surface area contributed by atoms with Gasteiger partial charge in [0.1, 0.15) is 4.47 Å². The quantitative estimate of drug-likeness (QED) is 0.659. The maximum atomic E-state index is 11.9. The molecule has 0 spiro atoms. The first-order valence-electron chi connectivity index (χ1n) is 5.34. The van der Waals surface area contributed by atoms with Crippen LogP contribution in [0.4, 0.5) is 5.69 Å². The molecule has 0 atom stereocenters. The van der Waals surface area contributed by atoms with Crippen molar-refractivity contribution < 1.29 is 10.2 Å². The summed E-state index contributed by atoms with van der Waals surface area (Å²) in [5.74, 6) is 0. The van der Waals surface area contributed by atoms with Crippen LogP contribution in [0.2, 0.25) is 0 Å². The van der Waals surface area contributed by atoms with Gasteiger partial charge in [0.25, 0.3) is 5.56 Å². The van der Waals surface area contributed by atoms with Crippen LogP contribution in [0, 0.1) is 0 Å². The lowest BCUT2D eigenvalue weighted by Crippen LogP contribution is -2.43. The highest BCUT2D eigenvalue weighted by atomic mass is 79.9. The van der Waals surface area contributed by atoms with Gasteiger partial charge in [-0.05, 0) is 22.9 Å². The summed E-state index contributed by atoms with van der Waals surface area (Å²) in [5, 5.41) is 25.2. The number of hydrogen-bond acceptors (Lipinski definition) is 5. The molecule has 7 heteroatoms. The summed E-state index contributed by atoms with van der Waals surface area (Å²) in [7, 11) is 0. The second-order valence-electron chi connectivity index (χ2n) is 4.15. The Morgan fingerprint density at radius 1 is 1.61 bits per heavy atom. The summed E-state index contributed by atoms with van der Waals surface area (Å²) in [6, 6.07) is 0. The van der Waals surface area contributed by atoms with Crippen LogP contribution in [-0.4, -0.2) is 38.7 Å². The van der Waals surface area contributed by atoms with Gasteiger partial charge in [-0.3, -0.25) is 4.79 Å². The van der Waals surface area contributed by atoms with Crippen molar-refractivity contribution in [2.45, 2.75) is 19.0 Å². The van der Waals surface area contributed by atoms with Gasteiger partial charge in [0.15, 0.2) is 0 Å². The van der Waals surface area contributed by atoms with Gasteiger partial charge in [0.05, 0.1) is 37.2 Å². The number of aliphatic hydroxyl groups excluding tert-OH is 2. The fourth-order valence-corrected chi connectivity index (χ4v) is 1.66. The number of rotatable bonds is 6. The fourth-order valence-electron chi connectivity index (χ4n) is 1.26. The topological polar surface area (TPSA) is 87.4 Å². The Kier molecular flexibility index (Phi) is 5.06. The summed E-state index contributed by atoms with van der Waals surface area (Å²) in [6.45, 7) is 4.94. The number of allylic oxidation sites excluding steroid dienone is 1. The van der Waals surface area contributed by atoms with Gasteiger partial charge in [-0.15, -0.1) is 6.58 Å². The van der Waals surface area contributed by atoms with Crippen LogP contribution >= 0.6 is 15.9 Å². The van der Waals surface area contributed by atoms with E-state index in [2.05, 4.69) is 32.9 Å². The van der Waals surface area contributed by atoms with Gasteiger partial charge in [-0.1, -0.05) is 6.08 Å². The number of anilines is 1. The minimum absolute atomic E-state index is 0.272. The van der Waals surface area contributed by atoms with Gasteiger partial charge < -0.3 is 15.5 Å². The number of nitrogens with zero attached hydrogens (tertiary/aromatic N) is 2. The SMILES string of the molecule is C=CCn1ncc(NC(C)(CO)CO)c(Br)c1=O. The molecule has 0 amide bonds. The maximum absolute atomic E-state index is 11.9. The van der Waals surface area contributed by atoms with Crippen molar-refractivity contribution in [3.63, 3.8) is 0 Å². The van der Waals surface area contributed by atoms with E-state index in [1.165, 1.54) is 10.9 Å². The number of nitrogens with one attached hydrogen (secondary N) is 1. The highest BCUT2D eigenvalue weighted by molar-refractivity contribution is 9.10. The lowest BCUT2D eigenvalue weighted by Gasteiger charge is -2.27. The van der Waals surface area contributed by atoms with E-state index in [0.29, 0.717) is 16.7 Å². The molecule has 1 rings (SSSR count). The van der Waals surface area contributed by atoms with Crippen LogP contribution in [0.5, 0.6) is 0 Å². The Bertz CT molecular complexity index is 483. The monoisotopic (exact) mass is 317 g/mol. The first kappa shape index (κ1) is 14.9. The van der Waals surface area contributed by atoms with Crippen LogP contribution in [0.1, 0.15) is 6.92 Å². The van der Waals surface area contributed by atoms with Gasteiger partial charge in [-0.2, -0.15) is 5.10 Å². The summed E-state index contributed by atoms with van der Waals surface area (Å²) in [4.78, 5) is 11.9. The molecule has 18 heavy (non-hydrogen) atoms. The first-order chi connectivity index (χ1) is 8.47. The number of aromatic nitrogens is 2. The molecule has 1 aromatic rings. The molecule has 0 aromatic carbocycles. The normalized spacial score (nSPS) is 11.3. The zero-order valence-corrected chi connectivity index (χ0v) is 11.6. The fraction of sp³-hybridized carbons (Fsp3) is 0.455. The first-order valence-corrected chi connectivity index (χ1v) is 6.13. The van der Waals surface area contributed by atoms with Crippen molar-refractivity contribution in [2.24, 2.45) is 0 Å². The molecule has 6 nitrogen and oxygen atoms in total. The minimum atomic E-state index is -0.915. The largest absolute Gasteiger partial charge is 0.394 e. The predicted molar refractivity (Wildman–Crippen MR) is 72.6 cm³/mol. The molecule has 0 saturated heterocycles. The molecule has 0 saturated carbocycles. The molecule has 100 valence electrons. The average Bonchev–Trinajstić information content (AvgIpc) is 2.38. The molecule has 1 aromatic heterocycles. The highest BCUT2D eigenvalue weighted by Crippen LogP contribution is 2.20. The second kappa shape index (κ2) is 6.12. The minimum Gasteiger partial charge on any atom is -0.394 e. The number of aliphatic hydroxyl groups is 2. The lowest BCUT2D eigenvalue weighted by atomic mass is 10.1. The van der Waals surface area contributed by atoms with Crippen molar-refractivity contribution >= 4 is 21.6 Å². The summed E-state index contributed by atoms with van der Waals surface area (Å²) >= 11 is 3.18. The third kappa shape index (κ3) is 3.18. The van der Waals surface area contributed by atoms with E-state index in [4.69, 9.17) is 0 Å². The van der Waals surface area contributed by atoms with Crippen molar-refractivity contribution in [2.75, 3.05) is 18.5 Å². The Hall–Kier alpha value is -1.18. The van der Waals surface area contributed by atoms with Crippen LogP contribution in [-0.2, 0) is 6.54 Å². The van der Waals surface area contributed by atoms with Gasteiger partial charge in [0, 0.05) is 0 Å². The molecule has 0 aliphatic heterocycles. The zero-order valence-electron chi connectivity index (χ0n) is 10.1. The Morgan fingerprint density at radius 3 is 2.72 bits per heavy atom. The van der Waals surface area contributed by atoms with Gasteiger partial charge >= 0.3 is 0 Å². The van der Waals surface area contributed by atoms with Crippen LogP contribution < -0.4 is 10.9 Å². The molecule has 0 radical (unpaired) electrons. The molecule has 0 aliphatic carbocycles. The summed E-state index contributed by atoms with van der Waals surface area (Å²) in [5.41, 5.74) is -0.801. The molecular formula is C11H16BrN3O3. The summed E-state index contributed by atoms with van der Waals surface area (Å²) < 4.78 is 1.55. The molecule has 1 heterocycles. The van der Waals surface area contributed by atoms with Crippen LogP contribution in [0.25, 0.3) is 0 Å². The number of halogens is 1. The molecule has 0 aliphatic rings. The Morgan fingerprint density at radius 2 is 2.22 bits per heavy atom. The number of hydrogen-bond donors (Lipinski definition) is 3. The predicted octanol–water partition coefficient (Wildman–Crippen LogP) is 0.347. The van der Waals surface area contributed by atoms with E-state index >= 15 is 0 Å². The van der Waals surface area contributed by atoms with Crippen molar-refractivity contribution in [3.05, 3.63) is 33.7 Å². The Balaban J connectivity index is 3.09. The van der Waals surface area contributed by atoms with Crippen molar-refractivity contribution in [1.29, 1.82) is 0 Å². The van der Waals surface area contributed by atoms with E-state index in [9.17, 15) is 15.0 Å². The maximum Gasteiger partial charge on any atom is 0.283 e. The molecule has 0 unspecified atom stereocenters. The molecule has 0 fully saturated rings. The smallest absolute Gasteiger partial charge is 0.283 e.